The third kappa shape index (κ3) is 6.79. The highest BCUT2D eigenvalue weighted by molar-refractivity contribution is 5.66. The molecule has 2 fully saturated rings. The minimum Gasteiger partial charge on any atom is -0.481 e. The Hall–Kier alpha value is -1.91. The summed E-state index contributed by atoms with van der Waals surface area (Å²) in [6.45, 7) is 2.98. The number of benzene rings is 1. The molecule has 0 amide bonds. The lowest BCUT2D eigenvalue weighted by Crippen LogP contribution is -2.37. The van der Waals surface area contributed by atoms with Crippen LogP contribution < -0.4 is 0 Å². The van der Waals surface area contributed by atoms with Crippen LogP contribution in [-0.2, 0) is 16.0 Å². The van der Waals surface area contributed by atoms with Gasteiger partial charge in [0.05, 0.1) is 18.8 Å². The summed E-state index contributed by atoms with van der Waals surface area (Å²) in [6.07, 6.45) is 17.5. The summed E-state index contributed by atoms with van der Waals surface area (Å²) >= 11 is 0. The van der Waals surface area contributed by atoms with Crippen molar-refractivity contribution in [3.05, 3.63) is 60.2 Å². The van der Waals surface area contributed by atoms with Crippen LogP contribution in [0.1, 0.15) is 70.3 Å². The first-order valence-electron chi connectivity index (χ1n) is 12.4. The molecular formula is C28H40O4. The van der Waals surface area contributed by atoms with Crippen molar-refractivity contribution in [3.8, 4) is 0 Å². The molecule has 1 aliphatic heterocycles. The van der Waals surface area contributed by atoms with Gasteiger partial charge in [-0.05, 0) is 50.0 Å². The van der Waals surface area contributed by atoms with E-state index in [1.165, 1.54) is 5.56 Å². The van der Waals surface area contributed by atoms with Crippen molar-refractivity contribution >= 4 is 5.97 Å². The highest BCUT2D eigenvalue weighted by Crippen LogP contribution is 2.57. The van der Waals surface area contributed by atoms with Crippen LogP contribution in [0, 0.1) is 17.3 Å². The van der Waals surface area contributed by atoms with Crippen LogP contribution in [0.15, 0.2) is 54.6 Å². The van der Waals surface area contributed by atoms with Gasteiger partial charge in [-0.3, -0.25) is 4.79 Å². The zero-order valence-corrected chi connectivity index (χ0v) is 19.5. The normalized spacial score (nSPS) is 28.1. The number of fused-ring (bicyclic) bond motifs is 2. The third-order valence-corrected chi connectivity index (χ3v) is 7.25. The maximum Gasteiger partial charge on any atom is 0.303 e. The smallest absolute Gasteiger partial charge is 0.303 e. The number of allylic oxidation sites excluding steroid dienone is 2. The van der Waals surface area contributed by atoms with E-state index in [4.69, 9.17) is 9.84 Å². The Labute approximate surface area is 193 Å². The van der Waals surface area contributed by atoms with Crippen molar-refractivity contribution in [1.82, 2.24) is 0 Å². The first-order valence-corrected chi connectivity index (χ1v) is 12.4. The quantitative estimate of drug-likeness (QED) is 0.277. The van der Waals surface area contributed by atoms with Gasteiger partial charge >= 0.3 is 5.97 Å². The predicted octanol–water partition coefficient (Wildman–Crippen LogP) is 5.95. The average Bonchev–Trinajstić information content (AvgIpc) is 3.31. The fourth-order valence-electron chi connectivity index (χ4n) is 5.57. The van der Waals surface area contributed by atoms with Crippen LogP contribution >= 0.6 is 0 Å². The molecule has 1 aromatic rings. The van der Waals surface area contributed by atoms with Gasteiger partial charge in [0.1, 0.15) is 0 Å². The second-order valence-corrected chi connectivity index (χ2v) is 9.70. The van der Waals surface area contributed by atoms with Gasteiger partial charge in [-0.1, -0.05) is 80.8 Å². The van der Waals surface area contributed by atoms with Gasteiger partial charge in [0.15, 0.2) is 0 Å². The van der Waals surface area contributed by atoms with E-state index >= 15 is 0 Å². The van der Waals surface area contributed by atoms with Gasteiger partial charge in [-0.25, -0.2) is 0 Å². The van der Waals surface area contributed by atoms with Crippen LogP contribution in [0.3, 0.4) is 0 Å². The van der Waals surface area contributed by atoms with Crippen LogP contribution in [0.5, 0.6) is 0 Å². The molecular weight excluding hydrogens is 400 g/mol. The van der Waals surface area contributed by atoms with Crippen molar-refractivity contribution in [2.75, 3.05) is 6.61 Å². The van der Waals surface area contributed by atoms with E-state index in [1.807, 2.05) is 6.08 Å². The van der Waals surface area contributed by atoms with Crippen LogP contribution in [0.25, 0.3) is 0 Å². The average molecular weight is 441 g/mol. The summed E-state index contributed by atoms with van der Waals surface area (Å²) in [4.78, 5) is 10.7. The maximum absolute atomic E-state index is 10.7. The van der Waals surface area contributed by atoms with Gasteiger partial charge in [-0.2, -0.15) is 0 Å². The molecule has 0 radical (unpaired) electrons. The van der Waals surface area contributed by atoms with E-state index < -0.39 is 5.97 Å². The molecule has 2 aliphatic rings. The summed E-state index contributed by atoms with van der Waals surface area (Å²) in [5.74, 6) is 0.0568. The minimum absolute atomic E-state index is 0.125. The summed E-state index contributed by atoms with van der Waals surface area (Å²) in [5.41, 5.74) is 1.48. The molecule has 176 valence electrons. The van der Waals surface area contributed by atoms with E-state index in [0.717, 1.165) is 58.0 Å². The largest absolute Gasteiger partial charge is 0.481 e. The first-order chi connectivity index (χ1) is 15.5. The molecule has 2 bridgehead atoms. The fraction of sp³-hybridized carbons (Fsp3) is 0.607. The second kappa shape index (κ2) is 12.4. The van der Waals surface area contributed by atoms with Crippen LogP contribution in [0.2, 0.25) is 0 Å². The van der Waals surface area contributed by atoms with Crippen molar-refractivity contribution in [2.24, 2.45) is 17.3 Å². The Bertz CT molecular complexity index is 756. The topological polar surface area (TPSA) is 66.8 Å². The summed E-state index contributed by atoms with van der Waals surface area (Å²) < 4.78 is 6.25. The van der Waals surface area contributed by atoms with Crippen molar-refractivity contribution in [2.45, 2.75) is 83.3 Å². The second-order valence-electron chi connectivity index (χ2n) is 9.70. The number of aliphatic hydroxyl groups excluding tert-OH is 1. The van der Waals surface area contributed by atoms with Gasteiger partial charge in [-0.15, -0.1) is 0 Å². The number of hydrogen-bond acceptors (Lipinski definition) is 3. The number of aliphatic hydroxyl groups is 1. The molecule has 0 spiro atoms. The highest BCUT2D eigenvalue weighted by Gasteiger charge is 2.57. The number of ether oxygens (including phenoxy) is 1. The molecule has 2 N–H and O–H groups in total. The van der Waals surface area contributed by atoms with E-state index in [-0.39, 0.29) is 24.0 Å². The predicted molar refractivity (Wildman–Crippen MR) is 128 cm³/mol. The van der Waals surface area contributed by atoms with E-state index in [9.17, 15) is 9.90 Å². The first kappa shape index (κ1) is 24.7. The minimum atomic E-state index is -0.729. The molecule has 3 rings (SSSR count). The summed E-state index contributed by atoms with van der Waals surface area (Å²) in [7, 11) is 0. The Morgan fingerprint density at radius 1 is 1.22 bits per heavy atom. The lowest BCUT2D eigenvalue weighted by Gasteiger charge is -2.38. The Morgan fingerprint density at radius 2 is 2.03 bits per heavy atom. The lowest BCUT2D eigenvalue weighted by atomic mass is 9.70. The van der Waals surface area contributed by atoms with E-state index in [0.29, 0.717) is 18.3 Å². The molecule has 4 heteroatoms. The molecule has 4 nitrogen and oxygen atoms in total. The molecule has 5 atom stereocenters. The molecule has 1 aliphatic carbocycles. The summed E-state index contributed by atoms with van der Waals surface area (Å²) in [6, 6.07) is 10.7. The fourth-order valence-corrected chi connectivity index (χ4v) is 5.57. The van der Waals surface area contributed by atoms with Crippen molar-refractivity contribution in [3.63, 3.8) is 0 Å². The highest BCUT2D eigenvalue weighted by atomic mass is 16.5. The SMILES string of the molecule is CCCCC[C@H](O)/C=C/[C@H]1C2CC(Cc3ccccc3)(CO2)[C@@H]1C/C=C/CCCC(=O)O. The standard InChI is InChI=1S/C28H40O4/c1-2-3-7-14-23(29)17-18-24-25(15-10-4-5-11-16-27(30)31)28(20-26(24)32-21-28)19-22-12-8-6-9-13-22/h4,6,8-10,12-13,17-18,23-26,29H,2-3,5,7,11,14-16,19-21H2,1H3,(H,30,31)/b10-4+,18-17+/t23-,24+,25+,26?,28?/m0/s1. The van der Waals surface area contributed by atoms with Gasteiger partial charge < -0.3 is 14.9 Å². The van der Waals surface area contributed by atoms with Gasteiger partial charge in [0.2, 0.25) is 0 Å². The monoisotopic (exact) mass is 440 g/mol. The van der Waals surface area contributed by atoms with E-state index in [2.05, 4.69) is 55.5 Å². The third-order valence-electron chi connectivity index (χ3n) is 7.25. The molecule has 1 aromatic carbocycles. The number of carboxylic acid groups (broad SMARTS) is 1. The van der Waals surface area contributed by atoms with Crippen LogP contribution in [0.4, 0.5) is 0 Å². The van der Waals surface area contributed by atoms with Crippen molar-refractivity contribution < 1.29 is 19.7 Å². The van der Waals surface area contributed by atoms with Crippen molar-refractivity contribution in [1.29, 1.82) is 0 Å². The van der Waals surface area contributed by atoms with E-state index in [1.54, 1.807) is 0 Å². The molecule has 1 heterocycles. The summed E-state index contributed by atoms with van der Waals surface area (Å²) in [5, 5.41) is 19.2. The lowest BCUT2D eigenvalue weighted by molar-refractivity contribution is -0.137. The molecule has 1 saturated carbocycles. The van der Waals surface area contributed by atoms with Crippen LogP contribution in [-0.4, -0.2) is 35.0 Å². The number of unbranched alkanes of at least 4 members (excludes halogenated alkanes) is 3. The Morgan fingerprint density at radius 3 is 2.78 bits per heavy atom. The Balaban J connectivity index is 1.68. The molecule has 32 heavy (non-hydrogen) atoms. The molecule has 0 aromatic heterocycles. The number of carboxylic acids is 1. The number of aliphatic carboxylic acids is 1. The van der Waals surface area contributed by atoms with Gasteiger partial charge in [0.25, 0.3) is 0 Å². The number of carbonyl (C=O) groups is 1. The Kier molecular flexibility index (Phi) is 9.55. The zero-order valence-electron chi connectivity index (χ0n) is 19.5. The van der Waals surface area contributed by atoms with Gasteiger partial charge in [0, 0.05) is 17.8 Å². The number of hydrogen-bond donors (Lipinski definition) is 2. The maximum atomic E-state index is 10.7. The molecule has 1 saturated heterocycles. The number of rotatable bonds is 14. The zero-order chi connectivity index (χ0) is 22.8. The molecule has 2 unspecified atom stereocenters.